The maximum absolute atomic E-state index is 12.8. The minimum Gasteiger partial charge on any atom is -0.482 e. The topological polar surface area (TPSA) is 90.9 Å². The van der Waals surface area contributed by atoms with Crippen molar-refractivity contribution < 1.29 is 19.4 Å². The largest absolute Gasteiger partial charge is 0.482 e. The van der Waals surface area contributed by atoms with Gasteiger partial charge in [-0.25, -0.2) is 0 Å². The van der Waals surface area contributed by atoms with Crippen LogP contribution in [0, 0.1) is 0 Å². The fraction of sp³-hybridized carbons (Fsp3) is 0.364. The number of fused-ring (bicyclic) bond motifs is 1. The number of nitrogens with one attached hydrogen (secondary N) is 2. The number of rotatable bonds is 6. The fourth-order valence-electron chi connectivity index (χ4n) is 3.83. The van der Waals surface area contributed by atoms with Crippen LogP contribution in [-0.4, -0.2) is 54.2 Å². The first kappa shape index (κ1) is 19.4. The summed E-state index contributed by atoms with van der Waals surface area (Å²) in [6.45, 7) is 2.12. The Bertz CT molecular complexity index is 887. The van der Waals surface area contributed by atoms with E-state index < -0.39 is 0 Å². The number of likely N-dealkylation sites (tertiary alicyclic amines) is 1. The van der Waals surface area contributed by atoms with Crippen molar-refractivity contribution in [1.29, 1.82) is 0 Å². The molecule has 0 spiro atoms. The summed E-state index contributed by atoms with van der Waals surface area (Å²) in [6.07, 6.45) is 0.670. The minimum atomic E-state index is -0.296. The lowest BCUT2D eigenvalue weighted by atomic mass is 10.0. The van der Waals surface area contributed by atoms with Gasteiger partial charge in [-0.1, -0.05) is 36.4 Å². The maximum atomic E-state index is 12.8. The Morgan fingerprint density at radius 2 is 2.10 bits per heavy atom. The van der Waals surface area contributed by atoms with E-state index >= 15 is 0 Å². The lowest BCUT2D eigenvalue weighted by molar-refractivity contribution is -0.121. The van der Waals surface area contributed by atoms with Crippen molar-refractivity contribution >= 4 is 17.5 Å². The van der Waals surface area contributed by atoms with Crippen LogP contribution in [0.15, 0.2) is 48.5 Å². The zero-order valence-electron chi connectivity index (χ0n) is 16.1. The zero-order chi connectivity index (χ0) is 20.2. The number of aliphatic hydroxyl groups is 1. The van der Waals surface area contributed by atoms with Gasteiger partial charge in [0.05, 0.1) is 24.3 Å². The molecule has 0 radical (unpaired) electrons. The van der Waals surface area contributed by atoms with E-state index in [9.17, 15) is 14.7 Å². The molecule has 0 saturated carbocycles. The Hall–Kier alpha value is -2.90. The van der Waals surface area contributed by atoms with E-state index in [-0.39, 0.29) is 37.0 Å². The highest BCUT2D eigenvalue weighted by Crippen LogP contribution is 2.28. The third kappa shape index (κ3) is 4.93. The molecule has 3 N–H and O–H groups in total. The molecule has 1 fully saturated rings. The molecular weight excluding hydrogens is 370 g/mol. The lowest BCUT2D eigenvalue weighted by Crippen LogP contribution is -2.38. The first-order chi connectivity index (χ1) is 14.1. The summed E-state index contributed by atoms with van der Waals surface area (Å²) in [5.74, 6) is 0.321. The van der Waals surface area contributed by atoms with Crippen LogP contribution in [0.2, 0.25) is 0 Å². The minimum absolute atomic E-state index is 0.0107. The number of hydrogen-bond acceptors (Lipinski definition) is 5. The number of ether oxygens (including phenoxy) is 1. The molecule has 1 saturated heterocycles. The highest BCUT2D eigenvalue weighted by atomic mass is 16.5. The van der Waals surface area contributed by atoms with E-state index in [1.807, 2.05) is 36.4 Å². The average molecular weight is 395 g/mol. The third-order valence-electron chi connectivity index (χ3n) is 5.27. The first-order valence-electron chi connectivity index (χ1n) is 9.87. The molecule has 2 aromatic rings. The molecule has 2 aromatic carbocycles. The van der Waals surface area contributed by atoms with Gasteiger partial charge in [-0.15, -0.1) is 0 Å². The predicted molar refractivity (Wildman–Crippen MR) is 109 cm³/mol. The summed E-state index contributed by atoms with van der Waals surface area (Å²) in [5.41, 5.74) is 2.43. The van der Waals surface area contributed by atoms with E-state index in [1.165, 1.54) is 0 Å². The Kier molecular flexibility index (Phi) is 5.78. The number of carbonyl (C=O) groups is 2. The van der Waals surface area contributed by atoms with E-state index in [2.05, 4.69) is 15.5 Å². The maximum Gasteiger partial charge on any atom is 0.262 e. The van der Waals surface area contributed by atoms with Crippen molar-refractivity contribution in [2.45, 2.75) is 25.0 Å². The van der Waals surface area contributed by atoms with Gasteiger partial charge in [0.15, 0.2) is 6.61 Å². The molecule has 0 unspecified atom stereocenters. The van der Waals surface area contributed by atoms with Crippen LogP contribution in [-0.2, 0) is 16.0 Å². The summed E-state index contributed by atoms with van der Waals surface area (Å²) in [6, 6.07) is 15.1. The lowest BCUT2D eigenvalue weighted by Gasteiger charge is -2.25. The van der Waals surface area contributed by atoms with Gasteiger partial charge in [0.25, 0.3) is 5.91 Å². The van der Waals surface area contributed by atoms with Gasteiger partial charge in [0, 0.05) is 19.6 Å². The van der Waals surface area contributed by atoms with Crippen molar-refractivity contribution in [3.05, 3.63) is 59.7 Å². The first-order valence-corrected chi connectivity index (χ1v) is 9.87. The van der Waals surface area contributed by atoms with Crippen LogP contribution in [0.1, 0.15) is 23.6 Å². The number of benzene rings is 2. The highest BCUT2D eigenvalue weighted by molar-refractivity contribution is 5.95. The van der Waals surface area contributed by atoms with Crippen LogP contribution in [0.25, 0.3) is 0 Å². The van der Waals surface area contributed by atoms with Crippen molar-refractivity contribution in [2.75, 3.05) is 31.6 Å². The fourth-order valence-corrected chi connectivity index (χ4v) is 3.83. The molecule has 0 aromatic heterocycles. The summed E-state index contributed by atoms with van der Waals surface area (Å²) in [5, 5.41) is 15.7. The highest BCUT2D eigenvalue weighted by Gasteiger charge is 2.25. The number of nitrogens with zero attached hydrogens (tertiary/aromatic N) is 1. The van der Waals surface area contributed by atoms with Gasteiger partial charge in [-0.3, -0.25) is 14.5 Å². The van der Waals surface area contributed by atoms with Crippen molar-refractivity contribution in [2.24, 2.45) is 0 Å². The van der Waals surface area contributed by atoms with Gasteiger partial charge >= 0.3 is 0 Å². The van der Waals surface area contributed by atoms with Crippen LogP contribution < -0.4 is 15.4 Å². The van der Waals surface area contributed by atoms with Gasteiger partial charge in [0.2, 0.25) is 5.91 Å². The number of aliphatic hydroxyl groups excluding tert-OH is 1. The average Bonchev–Trinajstić information content (AvgIpc) is 3.12. The Morgan fingerprint density at radius 3 is 2.86 bits per heavy atom. The Balaban J connectivity index is 1.43. The molecule has 7 nitrogen and oxygen atoms in total. The number of anilines is 1. The second-order valence-corrected chi connectivity index (χ2v) is 7.58. The zero-order valence-corrected chi connectivity index (χ0v) is 16.1. The van der Waals surface area contributed by atoms with Crippen LogP contribution in [0.5, 0.6) is 5.75 Å². The molecule has 7 heteroatoms. The molecule has 4 rings (SSSR count). The number of carbonyl (C=O) groups excluding carboxylic acids is 2. The molecular formula is C22H25N3O4. The molecule has 29 heavy (non-hydrogen) atoms. The van der Waals surface area contributed by atoms with E-state index in [0.29, 0.717) is 24.5 Å². The summed E-state index contributed by atoms with van der Waals surface area (Å²) >= 11 is 0. The number of hydrogen-bond donors (Lipinski definition) is 3. The quantitative estimate of drug-likeness (QED) is 0.689. The summed E-state index contributed by atoms with van der Waals surface area (Å²) < 4.78 is 5.36. The SMILES string of the molecule is O=C1COc2ccc(CC(=O)N[C@H](CN3CC[C@@H](O)C3)c3ccccc3)cc2N1. The van der Waals surface area contributed by atoms with Crippen molar-refractivity contribution in [3.8, 4) is 5.75 Å². The molecule has 0 aliphatic carbocycles. The van der Waals surface area contributed by atoms with Gasteiger partial charge in [0.1, 0.15) is 5.75 Å². The number of β-amino-alcohol motifs (C(OH)–C–C–N with tert-alkyl or cyclic N) is 1. The molecule has 152 valence electrons. The second-order valence-electron chi connectivity index (χ2n) is 7.58. The van der Waals surface area contributed by atoms with Gasteiger partial charge in [-0.05, 0) is 29.7 Å². The van der Waals surface area contributed by atoms with Crippen LogP contribution in [0.3, 0.4) is 0 Å². The molecule has 2 atom stereocenters. The van der Waals surface area contributed by atoms with Crippen LogP contribution in [0.4, 0.5) is 5.69 Å². The van der Waals surface area contributed by atoms with Crippen LogP contribution >= 0.6 is 0 Å². The molecule has 2 amide bonds. The van der Waals surface area contributed by atoms with E-state index in [0.717, 1.165) is 24.1 Å². The Morgan fingerprint density at radius 1 is 1.28 bits per heavy atom. The summed E-state index contributed by atoms with van der Waals surface area (Å²) in [4.78, 5) is 26.5. The normalized spacial score (nSPS) is 19.8. The van der Waals surface area contributed by atoms with Crippen molar-refractivity contribution in [3.63, 3.8) is 0 Å². The van der Waals surface area contributed by atoms with Gasteiger partial charge in [-0.2, -0.15) is 0 Å². The molecule has 0 bridgehead atoms. The molecule has 2 heterocycles. The molecule has 2 aliphatic rings. The number of amides is 2. The predicted octanol–water partition coefficient (Wildman–Crippen LogP) is 1.48. The summed E-state index contributed by atoms with van der Waals surface area (Å²) in [7, 11) is 0. The van der Waals surface area contributed by atoms with Gasteiger partial charge < -0.3 is 20.5 Å². The third-order valence-corrected chi connectivity index (χ3v) is 5.27. The monoisotopic (exact) mass is 395 g/mol. The van der Waals surface area contributed by atoms with E-state index in [1.54, 1.807) is 12.1 Å². The van der Waals surface area contributed by atoms with E-state index in [4.69, 9.17) is 4.74 Å². The molecule has 2 aliphatic heterocycles. The Labute approximate surface area is 169 Å². The standard InChI is InChI=1S/C22H25N3O4/c26-17-8-9-25(12-17)13-19(16-4-2-1-3-5-16)24-21(27)11-15-6-7-20-18(10-15)23-22(28)14-29-20/h1-7,10,17,19,26H,8-9,11-14H2,(H,23,28)(H,24,27)/t17-,19-/m1/s1. The van der Waals surface area contributed by atoms with Crippen molar-refractivity contribution in [1.82, 2.24) is 10.2 Å². The smallest absolute Gasteiger partial charge is 0.262 e. The second kappa shape index (κ2) is 8.63.